The number of rotatable bonds is 2. The van der Waals surface area contributed by atoms with E-state index in [1.807, 2.05) is 27.6 Å². The fourth-order valence-electron chi connectivity index (χ4n) is 3.42. The molecule has 5 heteroatoms. The molecule has 2 heterocycles. The zero-order valence-corrected chi connectivity index (χ0v) is 14.4. The molecule has 2 aliphatic rings. The van der Waals surface area contributed by atoms with Gasteiger partial charge in [-0.25, -0.2) is 0 Å². The van der Waals surface area contributed by atoms with Crippen molar-refractivity contribution in [2.75, 3.05) is 31.9 Å². The quantitative estimate of drug-likeness (QED) is 0.836. The lowest BCUT2D eigenvalue weighted by Crippen LogP contribution is -2.46. The molecule has 4 nitrogen and oxygen atoms in total. The molecule has 0 aromatic heterocycles. The van der Waals surface area contributed by atoms with Crippen molar-refractivity contribution < 1.29 is 9.59 Å². The first-order valence-corrected chi connectivity index (χ1v) is 9.41. The van der Waals surface area contributed by atoms with Crippen molar-refractivity contribution in [2.45, 2.75) is 25.0 Å². The Morgan fingerprint density at radius 3 is 2.39 bits per heavy atom. The number of hydrogen-bond donors (Lipinski definition) is 0. The third-order valence-electron chi connectivity index (χ3n) is 4.84. The van der Waals surface area contributed by atoms with Crippen LogP contribution in [0.3, 0.4) is 0 Å². The van der Waals surface area contributed by atoms with Crippen molar-refractivity contribution in [2.24, 2.45) is 5.92 Å². The Hall–Kier alpha value is -1.49. The first-order valence-electron chi connectivity index (χ1n) is 8.36. The summed E-state index contributed by atoms with van der Waals surface area (Å²) < 4.78 is 0. The minimum Gasteiger partial charge on any atom is -0.343 e. The Morgan fingerprint density at radius 1 is 1.04 bits per heavy atom. The second-order valence-corrected chi connectivity index (χ2v) is 7.65. The highest BCUT2D eigenvalue weighted by atomic mass is 32.2. The Bertz CT molecular complexity index is 555. The normalized spacial score (nSPS) is 22.9. The van der Waals surface area contributed by atoms with Crippen molar-refractivity contribution in [3.63, 3.8) is 0 Å². The summed E-state index contributed by atoms with van der Waals surface area (Å²) in [6.07, 6.45) is 1.61. The lowest BCUT2D eigenvalue weighted by atomic mass is 9.95. The van der Waals surface area contributed by atoms with E-state index in [0.29, 0.717) is 5.25 Å². The predicted molar refractivity (Wildman–Crippen MR) is 93.2 cm³/mol. The Kier molecular flexibility index (Phi) is 5.26. The fourth-order valence-corrected chi connectivity index (χ4v) is 4.66. The summed E-state index contributed by atoms with van der Waals surface area (Å²) in [7, 11) is 0. The maximum absolute atomic E-state index is 12.8. The van der Waals surface area contributed by atoms with Gasteiger partial charge in [0.15, 0.2) is 0 Å². The molecule has 1 aromatic rings. The summed E-state index contributed by atoms with van der Waals surface area (Å²) in [5.41, 5.74) is 1.31. The highest BCUT2D eigenvalue weighted by Crippen LogP contribution is 2.34. The van der Waals surface area contributed by atoms with Gasteiger partial charge in [-0.3, -0.25) is 9.59 Å². The average Bonchev–Trinajstić information content (AvgIpc) is 2.62. The molecule has 2 saturated heterocycles. The monoisotopic (exact) mass is 332 g/mol. The van der Waals surface area contributed by atoms with Crippen LogP contribution in [-0.2, 0) is 9.59 Å². The van der Waals surface area contributed by atoms with E-state index in [-0.39, 0.29) is 17.7 Å². The number of hydrogen-bond acceptors (Lipinski definition) is 3. The third-order valence-corrected chi connectivity index (χ3v) is 6.08. The highest BCUT2D eigenvalue weighted by Gasteiger charge is 2.32. The van der Waals surface area contributed by atoms with Crippen LogP contribution in [0, 0.1) is 5.92 Å². The molecule has 2 aliphatic heterocycles. The number of piperidine rings is 1. The summed E-state index contributed by atoms with van der Waals surface area (Å²) in [5, 5.41) is 0.381. The van der Waals surface area contributed by atoms with Gasteiger partial charge in [-0.05, 0) is 18.4 Å². The van der Waals surface area contributed by atoms with Gasteiger partial charge >= 0.3 is 0 Å². The molecule has 0 bridgehead atoms. The van der Waals surface area contributed by atoms with Crippen LogP contribution in [0.25, 0.3) is 0 Å². The van der Waals surface area contributed by atoms with Crippen LogP contribution in [0.15, 0.2) is 30.3 Å². The van der Waals surface area contributed by atoms with E-state index in [1.165, 1.54) is 5.56 Å². The van der Waals surface area contributed by atoms with E-state index in [1.54, 1.807) is 6.92 Å². The van der Waals surface area contributed by atoms with Crippen molar-refractivity contribution in [3.05, 3.63) is 35.9 Å². The van der Waals surface area contributed by atoms with Gasteiger partial charge in [-0.2, -0.15) is 11.8 Å². The van der Waals surface area contributed by atoms with Gasteiger partial charge in [-0.1, -0.05) is 30.3 Å². The van der Waals surface area contributed by atoms with E-state index in [4.69, 9.17) is 0 Å². The molecular weight excluding hydrogens is 308 g/mol. The predicted octanol–water partition coefficient (Wildman–Crippen LogP) is 2.56. The molecule has 3 rings (SSSR count). The molecule has 1 unspecified atom stereocenters. The lowest BCUT2D eigenvalue weighted by molar-refractivity contribution is -0.140. The van der Waals surface area contributed by atoms with E-state index in [0.717, 1.165) is 44.8 Å². The average molecular weight is 332 g/mol. The van der Waals surface area contributed by atoms with E-state index in [2.05, 4.69) is 24.3 Å². The SMILES string of the molecule is CC(=O)N1CCC(C(=O)N2CCSC(c3ccccc3)C2)CC1. The smallest absolute Gasteiger partial charge is 0.225 e. The molecular formula is C18H24N2O2S. The summed E-state index contributed by atoms with van der Waals surface area (Å²) in [6, 6.07) is 10.5. The van der Waals surface area contributed by atoms with Crippen molar-refractivity contribution >= 4 is 23.6 Å². The van der Waals surface area contributed by atoms with Crippen molar-refractivity contribution in [1.82, 2.24) is 9.80 Å². The molecule has 124 valence electrons. The molecule has 0 saturated carbocycles. The van der Waals surface area contributed by atoms with Crippen LogP contribution >= 0.6 is 11.8 Å². The molecule has 23 heavy (non-hydrogen) atoms. The van der Waals surface area contributed by atoms with Gasteiger partial charge in [0.1, 0.15) is 0 Å². The summed E-state index contributed by atoms with van der Waals surface area (Å²) in [5.74, 6) is 1.49. The zero-order chi connectivity index (χ0) is 16.2. The number of benzene rings is 1. The number of nitrogens with zero attached hydrogens (tertiary/aromatic N) is 2. The largest absolute Gasteiger partial charge is 0.343 e. The summed E-state index contributed by atoms with van der Waals surface area (Å²) in [4.78, 5) is 28.1. The molecule has 0 N–H and O–H groups in total. The maximum Gasteiger partial charge on any atom is 0.225 e. The van der Waals surface area contributed by atoms with Crippen LogP contribution in [0.4, 0.5) is 0 Å². The first-order chi connectivity index (χ1) is 11.1. The van der Waals surface area contributed by atoms with Crippen LogP contribution in [0.5, 0.6) is 0 Å². The van der Waals surface area contributed by atoms with Crippen molar-refractivity contribution in [3.8, 4) is 0 Å². The molecule has 0 spiro atoms. The van der Waals surface area contributed by atoms with Gasteiger partial charge < -0.3 is 9.80 Å². The minimum atomic E-state index is 0.0881. The Balaban J connectivity index is 1.58. The highest BCUT2D eigenvalue weighted by molar-refractivity contribution is 7.99. The number of carbonyl (C=O) groups is 2. The second kappa shape index (κ2) is 7.39. The van der Waals surface area contributed by atoms with E-state index in [9.17, 15) is 9.59 Å². The topological polar surface area (TPSA) is 40.6 Å². The number of likely N-dealkylation sites (tertiary alicyclic amines) is 1. The minimum absolute atomic E-state index is 0.0881. The van der Waals surface area contributed by atoms with Crippen molar-refractivity contribution in [1.29, 1.82) is 0 Å². The molecule has 1 aromatic carbocycles. The van der Waals surface area contributed by atoms with Gasteiger partial charge in [0.05, 0.1) is 0 Å². The van der Waals surface area contributed by atoms with Gasteiger partial charge in [0.25, 0.3) is 0 Å². The molecule has 0 radical (unpaired) electrons. The van der Waals surface area contributed by atoms with Gasteiger partial charge in [-0.15, -0.1) is 0 Å². The fraction of sp³-hybridized carbons (Fsp3) is 0.556. The summed E-state index contributed by atoms with van der Waals surface area (Å²) in [6.45, 7) is 4.70. The van der Waals surface area contributed by atoms with E-state index < -0.39 is 0 Å². The van der Waals surface area contributed by atoms with Gasteiger partial charge in [0.2, 0.25) is 11.8 Å². The van der Waals surface area contributed by atoms with Crippen LogP contribution in [0.1, 0.15) is 30.6 Å². The Labute approximate surface area is 142 Å². The summed E-state index contributed by atoms with van der Waals surface area (Å²) >= 11 is 1.94. The maximum atomic E-state index is 12.8. The first kappa shape index (κ1) is 16.4. The number of carbonyl (C=O) groups excluding carboxylic acids is 2. The molecule has 0 aliphatic carbocycles. The van der Waals surface area contributed by atoms with Crippen LogP contribution < -0.4 is 0 Å². The lowest BCUT2D eigenvalue weighted by Gasteiger charge is -2.37. The molecule has 1 atom stereocenters. The van der Waals surface area contributed by atoms with Crippen LogP contribution in [-0.4, -0.2) is 53.5 Å². The Morgan fingerprint density at radius 2 is 1.74 bits per heavy atom. The van der Waals surface area contributed by atoms with Gasteiger partial charge in [0, 0.05) is 50.0 Å². The molecule has 2 amide bonds. The zero-order valence-electron chi connectivity index (χ0n) is 13.6. The second-order valence-electron chi connectivity index (χ2n) is 6.33. The van der Waals surface area contributed by atoms with E-state index >= 15 is 0 Å². The molecule has 2 fully saturated rings. The van der Waals surface area contributed by atoms with Crippen LogP contribution in [0.2, 0.25) is 0 Å². The standard InChI is InChI=1S/C18H24N2O2S/c1-14(21)19-9-7-16(8-10-19)18(22)20-11-12-23-17(13-20)15-5-3-2-4-6-15/h2-6,16-17H,7-13H2,1H3. The number of amides is 2. The third kappa shape index (κ3) is 3.89. The number of thioether (sulfide) groups is 1.